The molecule has 41 heavy (non-hydrogen) atoms. The zero-order chi connectivity index (χ0) is 30.2. The highest BCUT2D eigenvalue weighted by Crippen LogP contribution is 2.25. The first-order chi connectivity index (χ1) is 19.4. The van der Waals surface area contributed by atoms with Crippen LogP contribution in [0, 0.1) is 23.2 Å². The molecule has 14 heteroatoms. The van der Waals surface area contributed by atoms with Crippen molar-refractivity contribution in [3.63, 3.8) is 0 Å². The molecule has 3 rings (SSSR count). The Balaban J connectivity index is 1.59. The fourth-order valence-corrected chi connectivity index (χ4v) is 4.42. The predicted molar refractivity (Wildman–Crippen MR) is 150 cm³/mol. The average molecular weight is 569 g/mol. The quantitative estimate of drug-likeness (QED) is 0.243. The minimum absolute atomic E-state index is 0.0599. The number of carbonyl (C=O) groups is 4. The molecule has 1 aliphatic heterocycles. The van der Waals surface area contributed by atoms with Crippen molar-refractivity contribution >= 4 is 47.0 Å². The molecule has 0 bridgehead atoms. The van der Waals surface area contributed by atoms with Gasteiger partial charge in [0, 0.05) is 38.3 Å². The van der Waals surface area contributed by atoms with E-state index in [2.05, 4.69) is 32.8 Å². The third kappa shape index (κ3) is 8.72. The van der Waals surface area contributed by atoms with Crippen LogP contribution in [0.2, 0.25) is 0 Å². The molecule has 1 fully saturated rings. The van der Waals surface area contributed by atoms with Gasteiger partial charge in [0.25, 0.3) is 0 Å². The number of nitriles is 1. The van der Waals surface area contributed by atoms with E-state index < -0.39 is 23.6 Å². The predicted octanol–water partition coefficient (Wildman–Crippen LogP) is 1.37. The maximum absolute atomic E-state index is 12.8. The molecule has 4 amide bonds. The van der Waals surface area contributed by atoms with Crippen molar-refractivity contribution in [2.75, 3.05) is 39.8 Å². The zero-order valence-electron chi connectivity index (χ0n) is 24.1. The first-order valence-corrected chi connectivity index (χ1v) is 13.5. The summed E-state index contributed by atoms with van der Waals surface area (Å²) in [6.07, 6.45) is 5.05. The Morgan fingerprint density at radius 2 is 1.93 bits per heavy atom. The van der Waals surface area contributed by atoms with Gasteiger partial charge in [0.2, 0.25) is 18.1 Å². The van der Waals surface area contributed by atoms with E-state index in [4.69, 9.17) is 10.00 Å². The van der Waals surface area contributed by atoms with Crippen molar-refractivity contribution in [2.45, 2.75) is 46.1 Å². The zero-order valence-corrected chi connectivity index (χ0v) is 24.1. The monoisotopic (exact) mass is 568 g/mol. The van der Waals surface area contributed by atoms with E-state index in [9.17, 15) is 19.2 Å². The van der Waals surface area contributed by atoms with Crippen LogP contribution in [0.15, 0.2) is 18.6 Å². The summed E-state index contributed by atoms with van der Waals surface area (Å²) in [6, 6.07) is 3.11. The van der Waals surface area contributed by atoms with Gasteiger partial charge in [-0.2, -0.15) is 10.2 Å². The molecule has 3 heterocycles. The third-order valence-corrected chi connectivity index (χ3v) is 6.54. The van der Waals surface area contributed by atoms with Crippen LogP contribution in [0.5, 0.6) is 0 Å². The number of aromatic nitrogens is 3. The molecule has 2 atom stereocenters. The van der Waals surface area contributed by atoms with Crippen molar-refractivity contribution in [2.24, 2.45) is 11.8 Å². The number of carbonyl (C=O) groups excluding carboxylic acids is 4. The molecule has 0 spiro atoms. The van der Waals surface area contributed by atoms with Gasteiger partial charge in [-0.15, -0.1) is 0 Å². The fourth-order valence-electron chi connectivity index (χ4n) is 4.42. The molecule has 0 aliphatic carbocycles. The Labute approximate surface area is 238 Å². The molecule has 1 aliphatic rings. The number of likely N-dealkylation sites (tertiary alicyclic amines) is 1. The van der Waals surface area contributed by atoms with Gasteiger partial charge in [-0.1, -0.05) is 6.92 Å². The van der Waals surface area contributed by atoms with Crippen LogP contribution in [-0.2, 0) is 14.3 Å². The molecule has 0 aromatic carbocycles. The van der Waals surface area contributed by atoms with Gasteiger partial charge in [0.05, 0.1) is 25.9 Å². The molecule has 14 nitrogen and oxygen atoms in total. The molecule has 1 saturated heterocycles. The van der Waals surface area contributed by atoms with Gasteiger partial charge in [-0.3, -0.25) is 14.2 Å². The normalized spacial score (nSPS) is 17.5. The lowest BCUT2D eigenvalue weighted by Crippen LogP contribution is -2.44. The fraction of sp³-hybridized carbons (Fsp3) is 0.556. The number of hydrogen-bond acceptors (Lipinski definition) is 8. The maximum Gasteiger partial charge on any atom is 0.407 e. The van der Waals surface area contributed by atoms with Crippen molar-refractivity contribution in [1.29, 1.82) is 5.26 Å². The summed E-state index contributed by atoms with van der Waals surface area (Å²) in [4.78, 5) is 59.3. The molecule has 0 radical (unpaired) electrons. The van der Waals surface area contributed by atoms with Crippen LogP contribution in [0.25, 0.3) is 11.0 Å². The number of fused-ring (bicyclic) bond motifs is 1. The Bertz CT molecular complexity index is 1360. The minimum atomic E-state index is -0.615. The molecule has 2 aromatic heterocycles. The van der Waals surface area contributed by atoms with Gasteiger partial charge >= 0.3 is 17.9 Å². The van der Waals surface area contributed by atoms with Crippen LogP contribution < -0.4 is 16.0 Å². The highest BCUT2D eigenvalue weighted by molar-refractivity contribution is 5.94. The number of hydrogen-bond donors (Lipinski definition) is 3. The van der Waals surface area contributed by atoms with Crippen molar-refractivity contribution < 1.29 is 28.5 Å². The van der Waals surface area contributed by atoms with Crippen LogP contribution in [-0.4, -0.2) is 99.5 Å². The highest BCUT2D eigenvalue weighted by atomic mass is 16.6. The molecular weight excluding hydrogens is 530 g/mol. The second-order valence-corrected chi connectivity index (χ2v) is 10.9. The lowest BCUT2D eigenvalue weighted by molar-refractivity contribution is -0.405. The highest BCUT2D eigenvalue weighted by Gasteiger charge is 2.30. The second kappa shape index (κ2) is 13.7. The van der Waals surface area contributed by atoms with E-state index >= 15 is 0 Å². The van der Waals surface area contributed by atoms with Crippen molar-refractivity contribution in [3.05, 3.63) is 18.6 Å². The molecule has 3 N–H and O–H groups in total. The standard InChI is InChI=1S/C27H37N9O5/c1-18-7-12-35(22(38)6-9-28)16-19(18)15-34(5)23-20-8-13-36(24(20)33-17-32-23)25(39)31-14-21(37)29-10-11-30-26(40)41-27(2,3)4/h8,13,15,17-19H,6-7,10-12,14,16H2,1-5H3,(H2-,29,30,31,37,39,40)/p+1/t18-,19?/m1/s1. The van der Waals surface area contributed by atoms with Crippen LogP contribution in [0.4, 0.5) is 15.4 Å². The number of ether oxygens (including phenoxy) is 1. The van der Waals surface area contributed by atoms with E-state index in [1.807, 2.05) is 23.9 Å². The van der Waals surface area contributed by atoms with Gasteiger partial charge in [0.1, 0.15) is 17.4 Å². The Morgan fingerprint density at radius 1 is 1.20 bits per heavy atom. The summed E-state index contributed by atoms with van der Waals surface area (Å²) in [5.41, 5.74) is -0.242. The summed E-state index contributed by atoms with van der Waals surface area (Å²) in [5.74, 6) is 0.387. The largest absolute Gasteiger partial charge is 0.444 e. The smallest absolute Gasteiger partial charge is 0.407 e. The van der Waals surface area contributed by atoms with Crippen molar-refractivity contribution in [1.82, 2.24) is 35.4 Å². The minimum Gasteiger partial charge on any atom is -0.444 e. The number of nitrogens with one attached hydrogen (secondary N) is 3. The van der Waals surface area contributed by atoms with Crippen LogP contribution in [0.1, 0.15) is 40.5 Å². The van der Waals surface area contributed by atoms with E-state index in [-0.39, 0.29) is 37.9 Å². The molecular formula is C27H38N9O5+. The van der Waals surface area contributed by atoms with Gasteiger partial charge in [-0.25, -0.2) is 14.2 Å². The Hall–Kier alpha value is -4.54. The summed E-state index contributed by atoms with van der Waals surface area (Å²) in [5, 5.41) is 17.2. The van der Waals surface area contributed by atoms with E-state index in [1.54, 1.807) is 37.9 Å². The second-order valence-electron chi connectivity index (χ2n) is 10.9. The third-order valence-electron chi connectivity index (χ3n) is 6.54. The number of piperidine rings is 1. The first-order valence-electron chi connectivity index (χ1n) is 13.5. The van der Waals surface area contributed by atoms with Gasteiger partial charge < -0.3 is 25.6 Å². The molecule has 220 valence electrons. The molecule has 2 aromatic rings. The molecule has 1 unspecified atom stereocenters. The lowest BCUT2D eigenvalue weighted by atomic mass is 9.87. The number of nitrogens with zero attached hydrogens (tertiary/aromatic N) is 6. The van der Waals surface area contributed by atoms with Crippen LogP contribution in [0.3, 0.4) is 0 Å². The first kappa shape index (κ1) is 31.0. The summed E-state index contributed by atoms with van der Waals surface area (Å²) >= 11 is 0. The summed E-state index contributed by atoms with van der Waals surface area (Å²) < 4.78 is 8.29. The van der Waals surface area contributed by atoms with Gasteiger partial charge in [-0.05, 0) is 44.2 Å². The number of rotatable bonds is 8. The van der Waals surface area contributed by atoms with E-state index in [0.717, 1.165) is 6.42 Å². The molecule has 0 saturated carbocycles. The average Bonchev–Trinajstić information content (AvgIpc) is 3.34. The Kier molecular flexibility index (Phi) is 10.3. The summed E-state index contributed by atoms with van der Waals surface area (Å²) in [6.45, 7) is 8.62. The van der Waals surface area contributed by atoms with Gasteiger partial charge in [0.15, 0.2) is 5.65 Å². The number of alkyl carbamates (subject to hydrolysis) is 1. The van der Waals surface area contributed by atoms with E-state index in [1.165, 1.54) is 10.9 Å². The lowest BCUT2D eigenvalue weighted by Gasteiger charge is -2.34. The van der Waals surface area contributed by atoms with Crippen LogP contribution >= 0.6 is 0 Å². The SMILES string of the molecule is C[C@@H]1CCN(C(=O)CC#N)CC1C=[N+](C)c1ncnc2c1ccn2C(=O)NCC(=O)NCCNC(=O)OC(C)(C)C. The maximum atomic E-state index is 12.8. The summed E-state index contributed by atoms with van der Waals surface area (Å²) in [7, 11) is 1.85. The Morgan fingerprint density at radius 3 is 2.63 bits per heavy atom. The number of amides is 4. The van der Waals surface area contributed by atoms with E-state index in [0.29, 0.717) is 35.9 Å². The topological polar surface area (TPSA) is 174 Å². The van der Waals surface area contributed by atoms with Crippen molar-refractivity contribution in [3.8, 4) is 6.07 Å².